The van der Waals surface area contributed by atoms with Gasteiger partial charge >= 0.3 is 0 Å². The van der Waals surface area contributed by atoms with Crippen LogP contribution >= 0.6 is 11.3 Å². The number of rotatable bonds is 4. The third-order valence-electron chi connectivity index (χ3n) is 3.89. The average Bonchev–Trinajstić information content (AvgIpc) is 3.08. The number of pyridine rings is 1. The van der Waals surface area contributed by atoms with Crippen LogP contribution in [0, 0.1) is 0 Å². The van der Waals surface area contributed by atoms with Crippen LogP contribution in [0.1, 0.15) is 15.2 Å². The normalized spacial score (nSPS) is 15.8. The molecular weight excluding hydrogens is 296 g/mol. The number of carbonyl (C=O) groups excluding carboxylic acids is 1. The molecule has 0 radical (unpaired) electrons. The van der Waals surface area contributed by atoms with Crippen molar-refractivity contribution >= 4 is 23.1 Å². The summed E-state index contributed by atoms with van der Waals surface area (Å²) in [5.74, 6) is 0.850. The molecule has 0 unspecified atom stereocenters. The van der Waals surface area contributed by atoms with E-state index in [1.54, 1.807) is 13.2 Å². The molecule has 0 aromatic carbocycles. The second kappa shape index (κ2) is 6.89. The van der Waals surface area contributed by atoms with Crippen LogP contribution in [-0.4, -0.2) is 49.0 Å². The summed E-state index contributed by atoms with van der Waals surface area (Å²) in [6.45, 7) is 5.05. The van der Waals surface area contributed by atoms with Crippen LogP contribution in [0.25, 0.3) is 0 Å². The van der Waals surface area contributed by atoms with Crippen molar-refractivity contribution in [1.29, 1.82) is 0 Å². The van der Waals surface area contributed by atoms with E-state index >= 15 is 0 Å². The first-order valence-corrected chi connectivity index (χ1v) is 8.32. The van der Waals surface area contributed by atoms with Gasteiger partial charge < -0.3 is 10.2 Å². The minimum atomic E-state index is -0.0974. The predicted molar refractivity (Wildman–Crippen MR) is 89.4 cm³/mol. The standard InChI is InChI=1S/C16H20N4OS/c1-17-16(21)13-4-5-15(18-11-13)20-8-6-19(7-9-20)12-14-3-2-10-22-14/h2-5,10-11H,6-9,12H2,1H3,(H,17,21). The van der Waals surface area contributed by atoms with Crippen molar-refractivity contribution in [2.24, 2.45) is 0 Å². The van der Waals surface area contributed by atoms with E-state index in [0.717, 1.165) is 38.5 Å². The van der Waals surface area contributed by atoms with Crippen LogP contribution < -0.4 is 10.2 Å². The first-order valence-electron chi connectivity index (χ1n) is 7.44. The van der Waals surface area contributed by atoms with Gasteiger partial charge in [0.15, 0.2) is 0 Å². The first-order chi connectivity index (χ1) is 10.8. The maximum Gasteiger partial charge on any atom is 0.252 e. The van der Waals surface area contributed by atoms with Gasteiger partial charge in [-0.3, -0.25) is 9.69 Å². The highest BCUT2D eigenvalue weighted by Gasteiger charge is 2.18. The minimum absolute atomic E-state index is 0.0974. The van der Waals surface area contributed by atoms with Gasteiger partial charge in [-0.1, -0.05) is 6.07 Å². The molecule has 1 amide bonds. The Morgan fingerprint density at radius 1 is 1.27 bits per heavy atom. The Kier molecular flexibility index (Phi) is 4.70. The summed E-state index contributed by atoms with van der Waals surface area (Å²) in [5, 5.41) is 4.74. The first kappa shape index (κ1) is 15.0. The topological polar surface area (TPSA) is 48.5 Å². The van der Waals surface area contributed by atoms with E-state index in [0.29, 0.717) is 5.56 Å². The Morgan fingerprint density at radius 2 is 2.09 bits per heavy atom. The van der Waals surface area contributed by atoms with Crippen LogP contribution in [0.2, 0.25) is 0 Å². The lowest BCUT2D eigenvalue weighted by Gasteiger charge is -2.35. The van der Waals surface area contributed by atoms with E-state index in [1.807, 2.05) is 23.5 Å². The Balaban J connectivity index is 1.55. The predicted octanol–water partition coefficient (Wildman–Crippen LogP) is 1.82. The molecule has 6 heteroatoms. The van der Waals surface area contributed by atoms with Crippen LogP contribution in [0.3, 0.4) is 0 Å². The van der Waals surface area contributed by atoms with E-state index < -0.39 is 0 Å². The smallest absolute Gasteiger partial charge is 0.252 e. The maximum atomic E-state index is 11.5. The Hall–Kier alpha value is -1.92. The van der Waals surface area contributed by atoms with Crippen molar-refractivity contribution in [2.75, 3.05) is 38.1 Å². The van der Waals surface area contributed by atoms with Gasteiger partial charge in [0, 0.05) is 50.8 Å². The summed E-state index contributed by atoms with van der Waals surface area (Å²) in [4.78, 5) is 22.1. The quantitative estimate of drug-likeness (QED) is 0.935. The SMILES string of the molecule is CNC(=O)c1ccc(N2CCN(Cc3cccs3)CC2)nc1. The van der Waals surface area contributed by atoms with E-state index in [9.17, 15) is 4.79 Å². The Bertz CT molecular complexity index is 604. The molecule has 0 bridgehead atoms. The molecule has 0 aliphatic carbocycles. The lowest BCUT2D eigenvalue weighted by molar-refractivity contribution is 0.0963. The number of nitrogens with one attached hydrogen (secondary N) is 1. The van der Waals surface area contributed by atoms with E-state index in [-0.39, 0.29) is 5.91 Å². The van der Waals surface area contributed by atoms with Crippen molar-refractivity contribution in [2.45, 2.75) is 6.54 Å². The number of anilines is 1. The van der Waals surface area contributed by atoms with Crippen molar-refractivity contribution in [3.63, 3.8) is 0 Å². The van der Waals surface area contributed by atoms with Gasteiger partial charge in [-0.25, -0.2) is 4.98 Å². The van der Waals surface area contributed by atoms with Gasteiger partial charge in [-0.05, 0) is 23.6 Å². The van der Waals surface area contributed by atoms with Crippen molar-refractivity contribution in [3.05, 3.63) is 46.3 Å². The summed E-state index contributed by atoms with van der Waals surface area (Å²) >= 11 is 1.81. The molecule has 3 rings (SSSR count). The van der Waals surface area contributed by atoms with E-state index in [2.05, 4.69) is 37.6 Å². The van der Waals surface area contributed by atoms with Gasteiger partial charge in [0.2, 0.25) is 0 Å². The molecule has 116 valence electrons. The second-order valence-electron chi connectivity index (χ2n) is 5.33. The summed E-state index contributed by atoms with van der Waals surface area (Å²) in [6, 6.07) is 8.06. The summed E-state index contributed by atoms with van der Waals surface area (Å²) in [5.41, 5.74) is 0.600. The van der Waals surface area contributed by atoms with Gasteiger partial charge in [0.25, 0.3) is 5.91 Å². The highest BCUT2D eigenvalue weighted by molar-refractivity contribution is 7.09. The number of hydrogen-bond donors (Lipinski definition) is 1. The summed E-state index contributed by atoms with van der Waals surface area (Å²) < 4.78 is 0. The molecule has 1 aliphatic heterocycles. The lowest BCUT2D eigenvalue weighted by atomic mass is 10.2. The largest absolute Gasteiger partial charge is 0.355 e. The molecular formula is C16H20N4OS. The lowest BCUT2D eigenvalue weighted by Crippen LogP contribution is -2.46. The fourth-order valence-electron chi connectivity index (χ4n) is 2.61. The Morgan fingerprint density at radius 3 is 2.68 bits per heavy atom. The third-order valence-corrected chi connectivity index (χ3v) is 4.75. The zero-order valence-electron chi connectivity index (χ0n) is 12.7. The van der Waals surface area contributed by atoms with Gasteiger partial charge in [-0.15, -0.1) is 11.3 Å². The molecule has 2 aromatic rings. The molecule has 0 spiro atoms. The molecule has 3 heterocycles. The zero-order chi connectivity index (χ0) is 15.4. The number of thiophene rings is 1. The second-order valence-corrected chi connectivity index (χ2v) is 6.36. The van der Waals surface area contributed by atoms with Crippen molar-refractivity contribution in [3.8, 4) is 0 Å². The number of piperazine rings is 1. The highest BCUT2D eigenvalue weighted by atomic mass is 32.1. The number of nitrogens with zero attached hydrogens (tertiary/aromatic N) is 3. The van der Waals surface area contributed by atoms with Gasteiger partial charge in [0.05, 0.1) is 5.56 Å². The Labute approximate surface area is 134 Å². The fraction of sp³-hybridized carbons (Fsp3) is 0.375. The summed E-state index contributed by atoms with van der Waals surface area (Å²) in [7, 11) is 1.63. The summed E-state index contributed by atoms with van der Waals surface area (Å²) in [6.07, 6.45) is 1.65. The molecule has 2 aromatic heterocycles. The molecule has 1 aliphatic rings. The molecule has 1 N–H and O–H groups in total. The van der Waals surface area contributed by atoms with Crippen LogP contribution in [0.15, 0.2) is 35.8 Å². The number of carbonyl (C=O) groups is 1. The average molecular weight is 316 g/mol. The van der Waals surface area contributed by atoms with Crippen molar-refractivity contribution < 1.29 is 4.79 Å². The molecule has 1 saturated heterocycles. The van der Waals surface area contributed by atoms with Crippen LogP contribution in [-0.2, 0) is 6.54 Å². The van der Waals surface area contributed by atoms with E-state index in [4.69, 9.17) is 0 Å². The maximum absolute atomic E-state index is 11.5. The number of hydrogen-bond acceptors (Lipinski definition) is 5. The third kappa shape index (κ3) is 3.45. The number of aromatic nitrogens is 1. The zero-order valence-corrected chi connectivity index (χ0v) is 13.5. The minimum Gasteiger partial charge on any atom is -0.355 e. The molecule has 1 fully saturated rings. The molecule has 5 nitrogen and oxygen atoms in total. The molecule has 0 saturated carbocycles. The van der Waals surface area contributed by atoms with Crippen LogP contribution in [0.4, 0.5) is 5.82 Å². The highest BCUT2D eigenvalue weighted by Crippen LogP contribution is 2.17. The number of amides is 1. The fourth-order valence-corrected chi connectivity index (χ4v) is 3.36. The van der Waals surface area contributed by atoms with Gasteiger partial charge in [-0.2, -0.15) is 0 Å². The monoisotopic (exact) mass is 316 g/mol. The van der Waals surface area contributed by atoms with Crippen LogP contribution in [0.5, 0.6) is 0 Å². The molecule has 22 heavy (non-hydrogen) atoms. The van der Waals surface area contributed by atoms with Crippen molar-refractivity contribution in [1.82, 2.24) is 15.2 Å². The van der Waals surface area contributed by atoms with E-state index in [1.165, 1.54) is 4.88 Å². The van der Waals surface area contributed by atoms with Gasteiger partial charge in [0.1, 0.15) is 5.82 Å². The molecule has 0 atom stereocenters.